The van der Waals surface area contributed by atoms with Crippen LogP contribution in [0.1, 0.15) is 252 Å². The van der Waals surface area contributed by atoms with Gasteiger partial charge in [0.2, 0.25) is 0 Å². The summed E-state index contributed by atoms with van der Waals surface area (Å²) >= 11 is 0. The maximum Gasteiger partial charge on any atom is 0.306 e. The van der Waals surface area contributed by atoms with E-state index in [2.05, 4.69) is 75.5 Å². The standard InChI is InChI=1S/C55H96O6/c1-4-7-10-13-16-19-22-25-26-27-28-31-33-36-39-42-45-48-54(57)60-51-52(61-55(58)49-46-43-40-37-34-30-24-21-18-15-12-9-6-3)50-59-53(56)47-44-41-38-35-32-29-23-20-17-14-11-8-5-2/h16,19,25-26,29-30,32,34,40,43,52H,4-15,17-18,20-24,27-28,31,33,35-39,41-42,44-51H2,1-3H3/b19-16-,26-25-,32-29-,34-30-,43-40-. The molecule has 0 aromatic carbocycles. The van der Waals surface area contributed by atoms with Gasteiger partial charge in [0.15, 0.2) is 6.10 Å². The first-order valence-corrected chi connectivity index (χ1v) is 25.8. The van der Waals surface area contributed by atoms with Gasteiger partial charge in [-0.3, -0.25) is 14.4 Å². The number of carbonyl (C=O) groups excluding carboxylic acids is 3. The van der Waals surface area contributed by atoms with Gasteiger partial charge in [-0.05, 0) is 96.3 Å². The van der Waals surface area contributed by atoms with Crippen LogP contribution in [0.3, 0.4) is 0 Å². The van der Waals surface area contributed by atoms with Crippen molar-refractivity contribution in [1.29, 1.82) is 0 Å². The summed E-state index contributed by atoms with van der Waals surface area (Å²) in [6.45, 7) is 6.53. The number of esters is 3. The summed E-state index contributed by atoms with van der Waals surface area (Å²) in [5, 5.41) is 0. The van der Waals surface area contributed by atoms with E-state index in [1.165, 1.54) is 128 Å². The van der Waals surface area contributed by atoms with Crippen LogP contribution in [0.5, 0.6) is 0 Å². The van der Waals surface area contributed by atoms with Crippen LogP contribution < -0.4 is 0 Å². The fourth-order valence-electron chi connectivity index (χ4n) is 7.05. The number of hydrogen-bond donors (Lipinski definition) is 0. The average Bonchev–Trinajstić information content (AvgIpc) is 3.26. The summed E-state index contributed by atoms with van der Waals surface area (Å²) in [4.78, 5) is 37.9. The molecule has 0 saturated carbocycles. The van der Waals surface area contributed by atoms with Crippen LogP contribution in [0, 0.1) is 0 Å². The maximum atomic E-state index is 12.7. The molecule has 0 aliphatic rings. The third-order valence-electron chi connectivity index (χ3n) is 11.0. The lowest BCUT2D eigenvalue weighted by atomic mass is 10.1. The molecule has 0 aliphatic carbocycles. The summed E-state index contributed by atoms with van der Waals surface area (Å²) in [5.41, 5.74) is 0. The van der Waals surface area contributed by atoms with E-state index in [1.54, 1.807) is 0 Å². The number of carbonyl (C=O) groups is 3. The molecule has 0 N–H and O–H groups in total. The SMILES string of the molecule is CCCCC/C=C\C/C=C\CCCCCCCCCC(=O)OCC(COC(=O)CCCCC/C=C\CCCCCCCC)OC(=O)CC/C=C\C/C=C\CCCCCCCC. The minimum Gasteiger partial charge on any atom is -0.462 e. The summed E-state index contributed by atoms with van der Waals surface area (Å²) in [6.07, 6.45) is 60.7. The topological polar surface area (TPSA) is 78.9 Å². The highest BCUT2D eigenvalue weighted by Crippen LogP contribution is 2.13. The van der Waals surface area contributed by atoms with Crippen molar-refractivity contribution in [1.82, 2.24) is 0 Å². The second kappa shape index (κ2) is 49.8. The van der Waals surface area contributed by atoms with Crippen molar-refractivity contribution >= 4 is 17.9 Å². The zero-order valence-corrected chi connectivity index (χ0v) is 40.2. The fourth-order valence-corrected chi connectivity index (χ4v) is 7.05. The van der Waals surface area contributed by atoms with E-state index in [0.29, 0.717) is 19.3 Å². The normalized spacial score (nSPS) is 12.5. The average molecular weight is 853 g/mol. The van der Waals surface area contributed by atoms with Crippen LogP contribution in [-0.2, 0) is 28.6 Å². The van der Waals surface area contributed by atoms with Crippen LogP contribution in [0.4, 0.5) is 0 Å². The lowest BCUT2D eigenvalue weighted by molar-refractivity contribution is -0.166. The van der Waals surface area contributed by atoms with Crippen LogP contribution in [0.25, 0.3) is 0 Å². The van der Waals surface area contributed by atoms with Gasteiger partial charge in [0.1, 0.15) is 13.2 Å². The van der Waals surface area contributed by atoms with E-state index < -0.39 is 6.10 Å². The van der Waals surface area contributed by atoms with E-state index in [4.69, 9.17) is 14.2 Å². The van der Waals surface area contributed by atoms with Crippen molar-refractivity contribution in [2.24, 2.45) is 0 Å². The van der Waals surface area contributed by atoms with Crippen LogP contribution in [0.2, 0.25) is 0 Å². The van der Waals surface area contributed by atoms with E-state index in [1.807, 2.05) is 6.08 Å². The molecular formula is C55H96O6. The van der Waals surface area contributed by atoms with Gasteiger partial charge < -0.3 is 14.2 Å². The molecule has 0 heterocycles. The summed E-state index contributed by atoms with van der Waals surface area (Å²) < 4.78 is 16.7. The van der Waals surface area contributed by atoms with Gasteiger partial charge in [-0.15, -0.1) is 0 Å². The Hall–Kier alpha value is -2.89. The minimum absolute atomic E-state index is 0.105. The molecule has 0 radical (unpaired) electrons. The van der Waals surface area contributed by atoms with Crippen LogP contribution in [0.15, 0.2) is 60.8 Å². The van der Waals surface area contributed by atoms with Gasteiger partial charge in [0.25, 0.3) is 0 Å². The molecular weight excluding hydrogens is 757 g/mol. The highest BCUT2D eigenvalue weighted by atomic mass is 16.6. The van der Waals surface area contributed by atoms with E-state index in [0.717, 1.165) is 77.0 Å². The summed E-state index contributed by atoms with van der Waals surface area (Å²) in [5.74, 6) is -0.995. The molecule has 0 aliphatic heterocycles. The number of ether oxygens (including phenoxy) is 3. The first-order valence-electron chi connectivity index (χ1n) is 25.8. The van der Waals surface area contributed by atoms with Crippen molar-refractivity contribution in [2.75, 3.05) is 13.2 Å². The molecule has 0 bridgehead atoms. The lowest BCUT2D eigenvalue weighted by Crippen LogP contribution is -2.30. The van der Waals surface area contributed by atoms with Gasteiger partial charge >= 0.3 is 17.9 Å². The second-order valence-electron chi connectivity index (χ2n) is 17.1. The van der Waals surface area contributed by atoms with Crippen molar-refractivity contribution in [3.8, 4) is 0 Å². The molecule has 6 heteroatoms. The number of allylic oxidation sites excluding steroid dienone is 10. The lowest BCUT2D eigenvalue weighted by Gasteiger charge is -2.18. The molecule has 352 valence electrons. The molecule has 0 fully saturated rings. The predicted octanol–water partition coefficient (Wildman–Crippen LogP) is 16.9. The van der Waals surface area contributed by atoms with Crippen LogP contribution in [-0.4, -0.2) is 37.2 Å². The Labute approximate surface area is 377 Å². The highest BCUT2D eigenvalue weighted by Gasteiger charge is 2.19. The van der Waals surface area contributed by atoms with Crippen LogP contribution >= 0.6 is 0 Å². The molecule has 0 saturated heterocycles. The quantitative estimate of drug-likeness (QED) is 0.0263. The van der Waals surface area contributed by atoms with E-state index >= 15 is 0 Å². The predicted molar refractivity (Wildman–Crippen MR) is 261 cm³/mol. The van der Waals surface area contributed by atoms with Crippen molar-refractivity contribution in [3.05, 3.63) is 60.8 Å². The largest absolute Gasteiger partial charge is 0.462 e. The molecule has 1 unspecified atom stereocenters. The molecule has 1 atom stereocenters. The molecule has 0 amide bonds. The molecule has 0 aromatic rings. The second-order valence-corrected chi connectivity index (χ2v) is 17.1. The zero-order valence-electron chi connectivity index (χ0n) is 40.2. The maximum absolute atomic E-state index is 12.7. The molecule has 0 aromatic heterocycles. The van der Waals surface area contributed by atoms with E-state index in [-0.39, 0.29) is 37.5 Å². The molecule has 0 spiro atoms. The Balaban J connectivity index is 4.45. The van der Waals surface area contributed by atoms with Gasteiger partial charge in [0, 0.05) is 19.3 Å². The Kier molecular flexibility index (Phi) is 47.4. The zero-order chi connectivity index (χ0) is 44.4. The first-order chi connectivity index (χ1) is 30.0. The van der Waals surface area contributed by atoms with Crippen molar-refractivity contribution in [3.63, 3.8) is 0 Å². The Morgan fingerprint density at radius 1 is 0.328 bits per heavy atom. The smallest absolute Gasteiger partial charge is 0.306 e. The third-order valence-corrected chi connectivity index (χ3v) is 11.0. The number of rotatable bonds is 46. The third kappa shape index (κ3) is 48.0. The highest BCUT2D eigenvalue weighted by molar-refractivity contribution is 5.71. The summed E-state index contributed by atoms with van der Waals surface area (Å²) in [7, 11) is 0. The van der Waals surface area contributed by atoms with Crippen molar-refractivity contribution < 1.29 is 28.6 Å². The fraction of sp³-hybridized carbons (Fsp3) is 0.764. The Bertz CT molecular complexity index is 1120. The first kappa shape index (κ1) is 58.1. The monoisotopic (exact) mass is 853 g/mol. The minimum atomic E-state index is -0.812. The van der Waals surface area contributed by atoms with Crippen molar-refractivity contribution in [2.45, 2.75) is 258 Å². The molecule has 0 rings (SSSR count). The van der Waals surface area contributed by atoms with Gasteiger partial charge in [-0.1, -0.05) is 197 Å². The Morgan fingerprint density at radius 3 is 1.03 bits per heavy atom. The van der Waals surface area contributed by atoms with Gasteiger partial charge in [-0.25, -0.2) is 0 Å². The van der Waals surface area contributed by atoms with E-state index in [9.17, 15) is 14.4 Å². The molecule has 6 nitrogen and oxygen atoms in total. The number of hydrogen-bond acceptors (Lipinski definition) is 6. The molecule has 61 heavy (non-hydrogen) atoms. The van der Waals surface area contributed by atoms with Gasteiger partial charge in [0.05, 0.1) is 0 Å². The summed E-state index contributed by atoms with van der Waals surface area (Å²) in [6, 6.07) is 0. The Morgan fingerprint density at radius 2 is 0.623 bits per heavy atom. The van der Waals surface area contributed by atoms with Gasteiger partial charge in [-0.2, -0.15) is 0 Å². The number of unbranched alkanes of at least 4 members (excludes halogenated alkanes) is 25.